The van der Waals surface area contributed by atoms with Crippen molar-refractivity contribution in [2.75, 3.05) is 0 Å². The van der Waals surface area contributed by atoms with Crippen molar-refractivity contribution in [3.63, 3.8) is 0 Å². The van der Waals surface area contributed by atoms with Gasteiger partial charge in [0, 0.05) is 5.56 Å². The summed E-state index contributed by atoms with van der Waals surface area (Å²) in [4.78, 5) is 15.5. The molecule has 2 rings (SSSR count). The van der Waals surface area contributed by atoms with Crippen molar-refractivity contribution < 1.29 is 14.4 Å². The third kappa shape index (κ3) is 2.93. The van der Waals surface area contributed by atoms with Crippen molar-refractivity contribution in [2.45, 2.75) is 6.54 Å². The Morgan fingerprint density at radius 2 is 2.35 bits per heavy atom. The maximum Gasteiger partial charge on any atom is 0.251 e. The maximum absolute atomic E-state index is 11.7. The first-order chi connectivity index (χ1) is 8.16. The number of carbonyl (C=O) groups excluding carboxylic acids is 1. The van der Waals surface area contributed by atoms with E-state index in [1.807, 2.05) is 22.6 Å². The number of nitrogens with zero attached hydrogens (tertiary/aromatic N) is 2. The Kier molecular flexibility index (Phi) is 3.57. The van der Waals surface area contributed by atoms with Gasteiger partial charge in [0.1, 0.15) is 5.75 Å². The average molecular weight is 345 g/mol. The van der Waals surface area contributed by atoms with Gasteiger partial charge in [-0.1, -0.05) is 5.16 Å². The summed E-state index contributed by atoms with van der Waals surface area (Å²) in [6, 6.07) is 4.71. The van der Waals surface area contributed by atoms with E-state index in [0.717, 1.165) is 0 Å². The van der Waals surface area contributed by atoms with Crippen LogP contribution in [0, 0.1) is 3.57 Å². The lowest BCUT2D eigenvalue weighted by Crippen LogP contribution is -2.23. The highest BCUT2D eigenvalue weighted by Crippen LogP contribution is 2.20. The van der Waals surface area contributed by atoms with E-state index in [0.29, 0.717) is 15.0 Å². The number of aromatic nitrogens is 2. The van der Waals surface area contributed by atoms with Gasteiger partial charge in [-0.25, -0.2) is 0 Å². The van der Waals surface area contributed by atoms with E-state index in [9.17, 15) is 9.90 Å². The first-order valence-corrected chi connectivity index (χ1v) is 5.76. The van der Waals surface area contributed by atoms with Crippen LogP contribution in [0.25, 0.3) is 0 Å². The van der Waals surface area contributed by atoms with E-state index in [1.54, 1.807) is 12.1 Å². The molecular weight excluding hydrogens is 337 g/mol. The topological polar surface area (TPSA) is 88.3 Å². The van der Waals surface area contributed by atoms with Gasteiger partial charge in [0.15, 0.2) is 5.82 Å². The van der Waals surface area contributed by atoms with Gasteiger partial charge in [-0.2, -0.15) is 4.98 Å². The molecule has 0 aliphatic rings. The lowest BCUT2D eigenvalue weighted by molar-refractivity contribution is 0.0949. The number of rotatable bonds is 3. The number of hydrogen-bond acceptors (Lipinski definition) is 5. The quantitative estimate of drug-likeness (QED) is 0.819. The summed E-state index contributed by atoms with van der Waals surface area (Å²) in [5.74, 6) is 0.174. The molecule has 1 aromatic carbocycles. The zero-order chi connectivity index (χ0) is 12.3. The monoisotopic (exact) mass is 345 g/mol. The first-order valence-electron chi connectivity index (χ1n) is 4.69. The summed E-state index contributed by atoms with van der Waals surface area (Å²) in [5, 5.41) is 15.6. The van der Waals surface area contributed by atoms with Crippen LogP contribution in [-0.4, -0.2) is 21.2 Å². The van der Waals surface area contributed by atoms with Crippen molar-refractivity contribution in [1.29, 1.82) is 0 Å². The molecule has 0 aliphatic heterocycles. The summed E-state index contributed by atoms with van der Waals surface area (Å²) in [5.41, 5.74) is 0.381. The second kappa shape index (κ2) is 5.13. The Morgan fingerprint density at radius 3 is 3.00 bits per heavy atom. The Bertz CT molecular complexity index is 528. The standard InChI is InChI=1S/C10H8IN3O3/c11-7-2-1-6(3-8(7)15)10(16)12-4-9-13-5-17-14-9/h1-3,5,15H,4H2,(H,12,16). The number of phenols is 1. The molecule has 1 heterocycles. The molecule has 0 saturated heterocycles. The van der Waals surface area contributed by atoms with Crippen LogP contribution >= 0.6 is 22.6 Å². The molecule has 0 fully saturated rings. The third-order valence-electron chi connectivity index (χ3n) is 2.02. The highest BCUT2D eigenvalue weighted by atomic mass is 127. The van der Waals surface area contributed by atoms with Gasteiger partial charge in [-0.3, -0.25) is 4.79 Å². The largest absolute Gasteiger partial charge is 0.507 e. The van der Waals surface area contributed by atoms with Gasteiger partial charge < -0.3 is 14.9 Å². The van der Waals surface area contributed by atoms with Gasteiger partial charge in [0.05, 0.1) is 10.1 Å². The zero-order valence-corrected chi connectivity index (χ0v) is 10.7. The van der Waals surface area contributed by atoms with Crippen LogP contribution < -0.4 is 5.32 Å². The second-order valence-corrected chi connectivity index (χ2v) is 4.36. The predicted molar refractivity (Wildman–Crippen MR) is 66.3 cm³/mol. The molecule has 1 amide bonds. The van der Waals surface area contributed by atoms with E-state index < -0.39 is 0 Å². The minimum atomic E-state index is -0.304. The van der Waals surface area contributed by atoms with Crippen LogP contribution in [0.5, 0.6) is 5.75 Å². The Labute approximate surface area is 110 Å². The van der Waals surface area contributed by atoms with Crippen LogP contribution in [0.15, 0.2) is 29.1 Å². The van der Waals surface area contributed by atoms with E-state index >= 15 is 0 Å². The predicted octanol–water partition coefficient (Wildman–Crippen LogP) is 1.31. The van der Waals surface area contributed by atoms with Crippen LogP contribution in [0.3, 0.4) is 0 Å². The fourth-order valence-corrected chi connectivity index (χ4v) is 1.52. The van der Waals surface area contributed by atoms with Gasteiger partial charge in [0.2, 0.25) is 6.39 Å². The van der Waals surface area contributed by atoms with Gasteiger partial charge in [-0.15, -0.1) is 0 Å². The first kappa shape index (κ1) is 11.8. The van der Waals surface area contributed by atoms with Crippen LogP contribution in [0.1, 0.15) is 16.2 Å². The molecule has 0 aliphatic carbocycles. The second-order valence-electron chi connectivity index (χ2n) is 3.20. The van der Waals surface area contributed by atoms with E-state index in [4.69, 9.17) is 0 Å². The number of hydrogen-bond donors (Lipinski definition) is 2. The molecule has 1 aromatic heterocycles. The smallest absolute Gasteiger partial charge is 0.251 e. The molecule has 17 heavy (non-hydrogen) atoms. The molecule has 0 unspecified atom stereocenters. The number of benzene rings is 1. The Balaban J connectivity index is 2.02. The van der Waals surface area contributed by atoms with Crippen molar-refractivity contribution in [3.05, 3.63) is 39.6 Å². The number of amides is 1. The van der Waals surface area contributed by atoms with Gasteiger partial charge >= 0.3 is 0 Å². The maximum atomic E-state index is 11.7. The Morgan fingerprint density at radius 1 is 1.53 bits per heavy atom. The minimum Gasteiger partial charge on any atom is -0.507 e. The molecular formula is C10H8IN3O3. The average Bonchev–Trinajstić information content (AvgIpc) is 2.82. The number of halogens is 1. The molecule has 0 atom stereocenters. The molecule has 2 N–H and O–H groups in total. The van der Waals surface area contributed by atoms with E-state index in [1.165, 1.54) is 12.5 Å². The van der Waals surface area contributed by atoms with E-state index in [-0.39, 0.29) is 18.2 Å². The summed E-state index contributed by atoms with van der Waals surface area (Å²) in [6.45, 7) is 0.183. The summed E-state index contributed by atoms with van der Waals surface area (Å²) in [7, 11) is 0. The molecule has 0 spiro atoms. The fourth-order valence-electron chi connectivity index (χ4n) is 1.19. The van der Waals surface area contributed by atoms with Crippen molar-refractivity contribution in [3.8, 4) is 5.75 Å². The van der Waals surface area contributed by atoms with Gasteiger partial charge in [0.25, 0.3) is 5.91 Å². The summed E-state index contributed by atoms with van der Waals surface area (Å²) in [6.07, 6.45) is 1.19. The van der Waals surface area contributed by atoms with Crippen molar-refractivity contribution in [1.82, 2.24) is 15.5 Å². The van der Waals surface area contributed by atoms with Crippen LogP contribution in [-0.2, 0) is 6.54 Å². The Hall–Kier alpha value is -1.64. The molecule has 88 valence electrons. The fraction of sp³-hybridized carbons (Fsp3) is 0.100. The normalized spacial score (nSPS) is 10.2. The summed E-state index contributed by atoms with van der Waals surface area (Å²) < 4.78 is 5.23. The molecule has 0 saturated carbocycles. The van der Waals surface area contributed by atoms with Crippen LogP contribution in [0.4, 0.5) is 0 Å². The lowest BCUT2D eigenvalue weighted by atomic mass is 10.2. The summed E-state index contributed by atoms with van der Waals surface area (Å²) >= 11 is 1.98. The van der Waals surface area contributed by atoms with E-state index in [2.05, 4.69) is 20.0 Å². The zero-order valence-electron chi connectivity index (χ0n) is 8.55. The molecule has 0 bridgehead atoms. The molecule has 2 aromatic rings. The SMILES string of the molecule is O=C(NCc1ncon1)c1ccc(I)c(O)c1. The number of phenolic OH excluding ortho intramolecular Hbond substituents is 1. The van der Waals surface area contributed by atoms with Gasteiger partial charge in [-0.05, 0) is 40.8 Å². The van der Waals surface area contributed by atoms with Crippen molar-refractivity contribution >= 4 is 28.5 Å². The van der Waals surface area contributed by atoms with Crippen molar-refractivity contribution in [2.24, 2.45) is 0 Å². The third-order valence-corrected chi connectivity index (χ3v) is 2.93. The highest BCUT2D eigenvalue weighted by molar-refractivity contribution is 14.1. The minimum absolute atomic E-state index is 0.0813. The van der Waals surface area contributed by atoms with Crippen LogP contribution in [0.2, 0.25) is 0 Å². The number of nitrogens with one attached hydrogen (secondary N) is 1. The number of aromatic hydroxyl groups is 1. The number of carbonyl (C=O) groups is 1. The highest BCUT2D eigenvalue weighted by Gasteiger charge is 2.08. The molecule has 7 heteroatoms. The molecule has 6 nitrogen and oxygen atoms in total. The molecule has 0 radical (unpaired) electrons. The lowest BCUT2D eigenvalue weighted by Gasteiger charge is -2.04.